The van der Waals surface area contributed by atoms with E-state index in [4.69, 9.17) is 9.47 Å². The summed E-state index contributed by atoms with van der Waals surface area (Å²) in [6.45, 7) is 7.00. The average Bonchev–Trinajstić information content (AvgIpc) is 2.95. The summed E-state index contributed by atoms with van der Waals surface area (Å²) in [5.41, 5.74) is 1.01. The summed E-state index contributed by atoms with van der Waals surface area (Å²) in [7, 11) is 0. The summed E-state index contributed by atoms with van der Waals surface area (Å²) in [5.74, 6) is -1.30. The van der Waals surface area contributed by atoms with Gasteiger partial charge in [-0.05, 0) is 33.8 Å². The summed E-state index contributed by atoms with van der Waals surface area (Å²) in [6, 6.07) is 0.744. The maximum absolute atomic E-state index is 12.3. The highest BCUT2D eigenvalue weighted by molar-refractivity contribution is 7.12. The van der Waals surface area contributed by atoms with Crippen molar-refractivity contribution in [2.24, 2.45) is 0 Å². The van der Waals surface area contributed by atoms with Gasteiger partial charge in [-0.3, -0.25) is 9.59 Å². The van der Waals surface area contributed by atoms with E-state index in [2.05, 4.69) is 10.6 Å². The SMILES string of the molecule is CCOC(=O)C1=C(COC(=O)CCC(=O)c2cc(C)sc2C)NC(=O)N[C@@H]1C. The third kappa shape index (κ3) is 5.41. The molecule has 0 radical (unpaired) electrons. The number of ketones is 1. The number of esters is 2. The first-order valence-electron chi connectivity index (χ1n) is 8.96. The highest BCUT2D eigenvalue weighted by atomic mass is 32.1. The Morgan fingerprint density at radius 2 is 1.89 bits per heavy atom. The fourth-order valence-corrected chi connectivity index (χ4v) is 3.82. The van der Waals surface area contributed by atoms with Gasteiger partial charge in [-0.25, -0.2) is 9.59 Å². The summed E-state index contributed by atoms with van der Waals surface area (Å²) in [4.78, 5) is 50.0. The Labute approximate surface area is 167 Å². The maximum atomic E-state index is 12.3. The molecule has 0 aromatic carbocycles. The van der Waals surface area contributed by atoms with Crippen molar-refractivity contribution in [1.29, 1.82) is 0 Å². The Hall–Kier alpha value is -2.68. The van der Waals surface area contributed by atoms with Gasteiger partial charge in [-0.2, -0.15) is 0 Å². The van der Waals surface area contributed by atoms with Crippen LogP contribution in [0.25, 0.3) is 0 Å². The minimum atomic E-state index is -0.591. The average molecular weight is 408 g/mol. The number of hydrogen-bond acceptors (Lipinski definition) is 7. The highest BCUT2D eigenvalue weighted by Crippen LogP contribution is 2.22. The molecule has 2 N–H and O–H groups in total. The third-order valence-corrected chi connectivity index (χ3v) is 5.11. The van der Waals surface area contributed by atoms with Crippen molar-refractivity contribution in [2.75, 3.05) is 13.2 Å². The largest absolute Gasteiger partial charge is 0.463 e. The van der Waals surface area contributed by atoms with E-state index in [-0.39, 0.29) is 43.1 Å². The van der Waals surface area contributed by atoms with E-state index >= 15 is 0 Å². The number of aryl methyl sites for hydroxylation is 2. The number of rotatable bonds is 8. The topological polar surface area (TPSA) is 111 Å². The van der Waals surface area contributed by atoms with E-state index in [0.29, 0.717) is 5.56 Å². The number of amides is 2. The second kappa shape index (κ2) is 9.50. The van der Waals surface area contributed by atoms with E-state index in [1.807, 2.05) is 19.9 Å². The Morgan fingerprint density at radius 3 is 2.50 bits per heavy atom. The first kappa shape index (κ1) is 21.6. The standard InChI is InChI=1S/C19H24N2O6S/c1-5-26-18(24)17-11(3)20-19(25)21-14(17)9-27-16(23)7-6-15(22)13-8-10(2)28-12(13)4/h8,11H,5-7,9H2,1-4H3,(H2,20,21,25)/t11-/m1/s1. The Kier molecular flexibility index (Phi) is 7.33. The van der Waals surface area contributed by atoms with Gasteiger partial charge >= 0.3 is 18.0 Å². The van der Waals surface area contributed by atoms with Crippen LogP contribution in [0.1, 0.15) is 46.8 Å². The highest BCUT2D eigenvalue weighted by Gasteiger charge is 2.30. The van der Waals surface area contributed by atoms with Crippen molar-refractivity contribution >= 4 is 35.1 Å². The van der Waals surface area contributed by atoms with E-state index in [1.54, 1.807) is 13.8 Å². The fraction of sp³-hybridized carbons (Fsp3) is 0.474. The van der Waals surface area contributed by atoms with E-state index in [0.717, 1.165) is 9.75 Å². The van der Waals surface area contributed by atoms with Crippen molar-refractivity contribution in [3.05, 3.63) is 32.7 Å². The number of ether oxygens (including phenoxy) is 2. The lowest BCUT2D eigenvalue weighted by Gasteiger charge is -2.26. The van der Waals surface area contributed by atoms with Gasteiger partial charge in [-0.1, -0.05) is 0 Å². The minimum absolute atomic E-state index is 0.0317. The van der Waals surface area contributed by atoms with Gasteiger partial charge in [0, 0.05) is 21.7 Å². The third-order valence-electron chi connectivity index (χ3n) is 4.14. The second-order valence-corrected chi connectivity index (χ2v) is 7.80. The molecule has 152 valence electrons. The van der Waals surface area contributed by atoms with Crippen LogP contribution in [0.15, 0.2) is 17.3 Å². The van der Waals surface area contributed by atoms with Gasteiger partial charge in [-0.15, -0.1) is 11.3 Å². The fourth-order valence-electron chi connectivity index (χ4n) is 2.88. The molecule has 1 aromatic heterocycles. The first-order valence-corrected chi connectivity index (χ1v) is 9.78. The van der Waals surface area contributed by atoms with Crippen molar-refractivity contribution in [3.8, 4) is 0 Å². The smallest absolute Gasteiger partial charge is 0.338 e. The van der Waals surface area contributed by atoms with E-state index < -0.39 is 24.0 Å². The van der Waals surface area contributed by atoms with Crippen LogP contribution >= 0.6 is 11.3 Å². The molecule has 0 bridgehead atoms. The molecule has 8 nitrogen and oxygen atoms in total. The lowest BCUT2D eigenvalue weighted by Crippen LogP contribution is -2.50. The van der Waals surface area contributed by atoms with Crippen LogP contribution in [0.2, 0.25) is 0 Å². The summed E-state index contributed by atoms with van der Waals surface area (Å²) >= 11 is 1.54. The van der Waals surface area contributed by atoms with Crippen LogP contribution in [0, 0.1) is 13.8 Å². The molecular weight excluding hydrogens is 384 g/mol. The maximum Gasteiger partial charge on any atom is 0.338 e. The van der Waals surface area contributed by atoms with Crippen molar-refractivity contribution in [1.82, 2.24) is 10.6 Å². The predicted octanol–water partition coefficient (Wildman–Crippen LogP) is 2.39. The summed E-state index contributed by atoms with van der Waals surface area (Å²) < 4.78 is 10.2. The Morgan fingerprint density at radius 1 is 1.18 bits per heavy atom. The van der Waals surface area contributed by atoms with Gasteiger partial charge in [0.15, 0.2) is 5.78 Å². The normalized spacial score (nSPS) is 16.3. The summed E-state index contributed by atoms with van der Waals surface area (Å²) in [6.07, 6.45) is -0.0547. The molecule has 2 rings (SSSR count). The molecule has 0 aliphatic carbocycles. The number of urea groups is 1. The quantitative estimate of drug-likeness (QED) is 0.505. The molecular formula is C19H24N2O6S. The number of Topliss-reactive ketones (excluding diaryl/α,β-unsaturated/α-hetero) is 1. The molecule has 1 aromatic rings. The zero-order valence-electron chi connectivity index (χ0n) is 16.3. The molecule has 1 aliphatic heterocycles. The lowest BCUT2D eigenvalue weighted by atomic mass is 10.0. The molecule has 9 heteroatoms. The number of thiophene rings is 1. The monoisotopic (exact) mass is 408 g/mol. The van der Waals surface area contributed by atoms with E-state index in [9.17, 15) is 19.2 Å². The summed E-state index contributed by atoms with van der Waals surface area (Å²) in [5, 5.41) is 5.04. The van der Waals surface area contributed by atoms with Gasteiger partial charge in [0.2, 0.25) is 0 Å². The van der Waals surface area contributed by atoms with Crippen molar-refractivity contribution in [2.45, 2.75) is 46.6 Å². The molecule has 0 unspecified atom stereocenters. The van der Waals surface area contributed by atoms with Gasteiger partial charge in [0.05, 0.1) is 30.3 Å². The molecule has 28 heavy (non-hydrogen) atoms. The molecule has 0 saturated carbocycles. The van der Waals surface area contributed by atoms with Crippen LogP contribution in [0.4, 0.5) is 4.79 Å². The number of carbonyl (C=O) groups excluding carboxylic acids is 4. The first-order chi connectivity index (χ1) is 13.2. The zero-order valence-corrected chi connectivity index (χ0v) is 17.2. The number of hydrogen-bond donors (Lipinski definition) is 2. The zero-order chi connectivity index (χ0) is 20.8. The predicted molar refractivity (Wildman–Crippen MR) is 103 cm³/mol. The molecule has 1 aliphatic rings. The van der Waals surface area contributed by atoms with Gasteiger partial charge in [0.25, 0.3) is 0 Å². The van der Waals surface area contributed by atoms with E-state index in [1.165, 1.54) is 11.3 Å². The number of nitrogens with one attached hydrogen (secondary N) is 2. The van der Waals surface area contributed by atoms with Crippen molar-refractivity contribution in [3.63, 3.8) is 0 Å². The van der Waals surface area contributed by atoms with Gasteiger partial charge < -0.3 is 20.1 Å². The van der Waals surface area contributed by atoms with Crippen LogP contribution < -0.4 is 10.6 Å². The van der Waals surface area contributed by atoms with Gasteiger partial charge in [0.1, 0.15) is 6.61 Å². The van der Waals surface area contributed by atoms with Crippen LogP contribution in [-0.2, 0) is 19.1 Å². The molecule has 2 heterocycles. The molecule has 1 atom stereocenters. The van der Waals surface area contributed by atoms with Crippen molar-refractivity contribution < 1.29 is 28.7 Å². The molecule has 2 amide bonds. The molecule has 0 saturated heterocycles. The minimum Gasteiger partial charge on any atom is -0.463 e. The Bertz CT molecular complexity index is 826. The van der Waals surface area contributed by atoms with Crippen LogP contribution in [0.5, 0.6) is 0 Å². The Balaban J connectivity index is 1.96. The number of carbonyl (C=O) groups is 4. The van der Waals surface area contributed by atoms with Crippen LogP contribution in [-0.4, -0.2) is 43.0 Å². The molecule has 0 fully saturated rings. The molecule has 0 spiro atoms. The lowest BCUT2D eigenvalue weighted by molar-refractivity contribution is -0.143. The van der Waals surface area contributed by atoms with Crippen LogP contribution in [0.3, 0.4) is 0 Å². The second-order valence-electron chi connectivity index (χ2n) is 6.34.